The first-order valence-electron chi connectivity index (χ1n) is 5.04. The molecule has 0 amide bonds. The van der Waals surface area contributed by atoms with Crippen molar-refractivity contribution in [2.75, 3.05) is 6.61 Å². The van der Waals surface area contributed by atoms with Crippen LogP contribution in [0.4, 0.5) is 0 Å². The van der Waals surface area contributed by atoms with Gasteiger partial charge in [-0.25, -0.2) is 4.98 Å². The molecule has 1 aromatic heterocycles. The van der Waals surface area contributed by atoms with E-state index in [0.717, 1.165) is 36.3 Å². The largest absolute Gasteiger partial charge is 0.376 e. The third-order valence-electron chi connectivity index (χ3n) is 2.81. The maximum atomic E-state index is 11.6. The van der Waals surface area contributed by atoms with Crippen molar-refractivity contribution in [3.8, 4) is 0 Å². The Morgan fingerprint density at radius 1 is 1.43 bits per heavy atom. The fraction of sp³-hybridized carbons (Fsp3) is 0.600. The van der Waals surface area contributed by atoms with Gasteiger partial charge in [0.2, 0.25) is 0 Å². The van der Waals surface area contributed by atoms with Crippen molar-refractivity contribution in [1.82, 2.24) is 9.97 Å². The van der Waals surface area contributed by atoms with Crippen LogP contribution in [0.15, 0.2) is 4.79 Å². The van der Waals surface area contributed by atoms with Gasteiger partial charge in [-0.1, -0.05) is 0 Å². The van der Waals surface area contributed by atoms with Gasteiger partial charge in [0.15, 0.2) is 0 Å². The predicted octanol–water partition coefficient (Wildman–Crippen LogP) is 0.720. The first-order chi connectivity index (χ1) is 6.84. The molecule has 0 saturated heterocycles. The van der Waals surface area contributed by atoms with Crippen LogP contribution in [0.3, 0.4) is 0 Å². The van der Waals surface area contributed by atoms with Gasteiger partial charge in [0.25, 0.3) is 5.56 Å². The molecule has 3 rings (SSSR count). The smallest absolute Gasteiger partial charge is 0.256 e. The standard InChI is InChI=1S/C10H12N2O2/c13-10-7-5-14-4-3-8(7)11-9(12-10)6-1-2-6/h6H,1-5H2,(H,11,12,13). The lowest BCUT2D eigenvalue weighted by Crippen LogP contribution is -2.25. The quantitative estimate of drug-likeness (QED) is 0.713. The maximum Gasteiger partial charge on any atom is 0.256 e. The molecule has 1 aliphatic heterocycles. The average Bonchev–Trinajstić information content (AvgIpc) is 3.01. The fourth-order valence-electron chi connectivity index (χ4n) is 1.81. The number of nitrogens with one attached hydrogen (secondary N) is 1. The van der Waals surface area contributed by atoms with Crippen molar-refractivity contribution < 1.29 is 4.74 Å². The summed E-state index contributed by atoms with van der Waals surface area (Å²) in [6.45, 7) is 1.11. The van der Waals surface area contributed by atoms with E-state index >= 15 is 0 Å². The van der Waals surface area contributed by atoms with Crippen LogP contribution in [-0.2, 0) is 17.8 Å². The summed E-state index contributed by atoms with van der Waals surface area (Å²) in [5.41, 5.74) is 1.67. The molecule has 74 valence electrons. The molecule has 1 saturated carbocycles. The normalized spacial score (nSPS) is 20.6. The molecule has 4 heteroatoms. The minimum atomic E-state index is -0.00315. The van der Waals surface area contributed by atoms with Gasteiger partial charge in [-0.2, -0.15) is 0 Å². The van der Waals surface area contributed by atoms with Crippen LogP contribution in [0, 0.1) is 0 Å². The summed E-state index contributed by atoms with van der Waals surface area (Å²) in [5.74, 6) is 1.39. The summed E-state index contributed by atoms with van der Waals surface area (Å²) in [6, 6.07) is 0. The van der Waals surface area contributed by atoms with Crippen LogP contribution in [0.2, 0.25) is 0 Å². The zero-order chi connectivity index (χ0) is 9.54. The Kier molecular flexibility index (Phi) is 1.70. The molecular weight excluding hydrogens is 180 g/mol. The zero-order valence-electron chi connectivity index (χ0n) is 7.88. The summed E-state index contributed by atoms with van der Waals surface area (Å²) in [5, 5.41) is 0. The van der Waals surface area contributed by atoms with E-state index in [1.165, 1.54) is 0 Å². The molecule has 2 aliphatic rings. The SMILES string of the molecule is O=c1[nH]c(C2CC2)nc2c1COCC2. The van der Waals surface area contributed by atoms with Crippen molar-refractivity contribution in [3.63, 3.8) is 0 Å². The van der Waals surface area contributed by atoms with Crippen molar-refractivity contribution in [2.45, 2.75) is 31.8 Å². The highest BCUT2D eigenvalue weighted by atomic mass is 16.5. The molecule has 0 spiro atoms. The third-order valence-corrected chi connectivity index (χ3v) is 2.81. The van der Waals surface area contributed by atoms with E-state index in [1.807, 2.05) is 0 Å². The van der Waals surface area contributed by atoms with Crippen LogP contribution in [0.5, 0.6) is 0 Å². The molecule has 2 heterocycles. The molecule has 1 fully saturated rings. The molecular formula is C10H12N2O2. The topological polar surface area (TPSA) is 55.0 Å². The van der Waals surface area contributed by atoms with Gasteiger partial charge in [-0.15, -0.1) is 0 Å². The Bertz CT molecular complexity index is 421. The van der Waals surface area contributed by atoms with Crippen molar-refractivity contribution in [3.05, 3.63) is 27.4 Å². The lowest BCUT2D eigenvalue weighted by Gasteiger charge is -2.14. The highest BCUT2D eigenvalue weighted by molar-refractivity contribution is 5.21. The van der Waals surface area contributed by atoms with Crippen molar-refractivity contribution >= 4 is 0 Å². The van der Waals surface area contributed by atoms with E-state index in [0.29, 0.717) is 19.1 Å². The van der Waals surface area contributed by atoms with Crippen LogP contribution in [-0.4, -0.2) is 16.6 Å². The first-order valence-corrected chi connectivity index (χ1v) is 5.04. The molecule has 0 radical (unpaired) electrons. The van der Waals surface area contributed by atoms with E-state index in [4.69, 9.17) is 4.74 Å². The summed E-state index contributed by atoms with van der Waals surface area (Å²) in [4.78, 5) is 19.0. The highest BCUT2D eigenvalue weighted by Gasteiger charge is 2.28. The molecule has 0 atom stereocenters. The number of hydrogen-bond acceptors (Lipinski definition) is 3. The van der Waals surface area contributed by atoms with Gasteiger partial charge >= 0.3 is 0 Å². The number of ether oxygens (including phenoxy) is 1. The van der Waals surface area contributed by atoms with E-state index in [-0.39, 0.29) is 5.56 Å². The third kappa shape index (κ3) is 1.26. The molecule has 1 N–H and O–H groups in total. The van der Waals surface area contributed by atoms with E-state index in [9.17, 15) is 4.79 Å². The molecule has 0 aromatic carbocycles. The van der Waals surface area contributed by atoms with Gasteiger partial charge in [-0.3, -0.25) is 4.79 Å². The predicted molar refractivity (Wildman–Crippen MR) is 50.2 cm³/mol. The second-order valence-corrected chi connectivity index (χ2v) is 3.95. The first kappa shape index (κ1) is 8.17. The minimum absolute atomic E-state index is 0.00315. The molecule has 1 aromatic rings. The number of rotatable bonds is 1. The van der Waals surface area contributed by atoms with Crippen molar-refractivity contribution in [2.24, 2.45) is 0 Å². The van der Waals surface area contributed by atoms with Gasteiger partial charge in [0, 0.05) is 12.3 Å². The molecule has 14 heavy (non-hydrogen) atoms. The number of nitrogens with zero attached hydrogens (tertiary/aromatic N) is 1. The van der Waals surface area contributed by atoms with Crippen molar-refractivity contribution in [1.29, 1.82) is 0 Å². The summed E-state index contributed by atoms with van der Waals surface area (Å²) < 4.78 is 5.23. The van der Waals surface area contributed by atoms with Crippen LogP contribution < -0.4 is 5.56 Å². The number of hydrogen-bond donors (Lipinski definition) is 1. The monoisotopic (exact) mass is 192 g/mol. The Balaban J connectivity index is 2.11. The second-order valence-electron chi connectivity index (χ2n) is 3.95. The highest BCUT2D eigenvalue weighted by Crippen LogP contribution is 2.37. The summed E-state index contributed by atoms with van der Waals surface area (Å²) >= 11 is 0. The average molecular weight is 192 g/mol. The summed E-state index contributed by atoms with van der Waals surface area (Å²) in [7, 11) is 0. The van der Waals surface area contributed by atoms with Gasteiger partial charge < -0.3 is 9.72 Å². The molecule has 0 unspecified atom stereocenters. The van der Waals surface area contributed by atoms with E-state index in [1.54, 1.807) is 0 Å². The van der Waals surface area contributed by atoms with Gasteiger partial charge in [-0.05, 0) is 12.8 Å². The zero-order valence-corrected chi connectivity index (χ0v) is 7.88. The van der Waals surface area contributed by atoms with Crippen LogP contribution >= 0.6 is 0 Å². The Morgan fingerprint density at radius 2 is 2.29 bits per heavy atom. The number of aromatic nitrogens is 2. The number of fused-ring (bicyclic) bond motifs is 1. The lowest BCUT2D eigenvalue weighted by atomic mass is 10.1. The Morgan fingerprint density at radius 3 is 3.07 bits per heavy atom. The summed E-state index contributed by atoms with van der Waals surface area (Å²) in [6.07, 6.45) is 3.11. The fourth-order valence-corrected chi connectivity index (χ4v) is 1.81. The van der Waals surface area contributed by atoms with Gasteiger partial charge in [0.05, 0.1) is 24.5 Å². The second kappa shape index (κ2) is 2.92. The van der Waals surface area contributed by atoms with Crippen LogP contribution in [0.1, 0.15) is 35.8 Å². The number of aromatic amines is 1. The molecule has 4 nitrogen and oxygen atoms in total. The lowest BCUT2D eigenvalue weighted by molar-refractivity contribution is 0.108. The minimum Gasteiger partial charge on any atom is -0.376 e. The number of H-pyrrole nitrogens is 1. The van der Waals surface area contributed by atoms with E-state index in [2.05, 4.69) is 9.97 Å². The Labute approximate surface area is 81.3 Å². The van der Waals surface area contributed by atoms with Gasteiger partial charge in [0.1, 0.15) is 5.82 Å². The van der Waals surface area contributed by atoms with Crippen LogP contribution in [0.25, 0.3) is 0 Å². The maximum absolute atomic E-state index is 11.6. The molecule has 1 aliphatic carbocycles. The van der Waals surface area contributed by atoms with E-state index < -0.39 is 0 Å². The Hall–Kier alpha value is -1.16. The molecule has 0 bridgehead atoms.